The van der Waals surface area contributed by atoms with Crippen LogP contribution in [0.5, 0.6) is 0 Å². The minimum absolute atomic E-state index is 0.173. The van der Waals surface area contributed by atoms with Gasteiger partial charge in [0.1, 0.15) is 0 Å². The summed E-state index contributed by atoms with van der Waals surface area (Å²) in [6, 6.07) is 0. The Morgan fingerprint density at radius 2 is 1.41 bits per heavy atom. The maximum atomic E-state index is 10.7. The quantitative estimate of drug-likeness (QED) is 0.341. The molecule has 2 N–H and O–H groups in total. The molecule has 0 aliphatic carbocycles. The third-order valence-corrected chi connectivity index (χ3v) is 2.51. The summed E-state index contributed by atoms with van der Waals surface area (Å²) in [7, 11) is 0. The van der Waals surface area contributed by atoms with E-state index in [0.717, 1.165) is 0 Å². The second kappa shape index (κ2) is 7.45. The molecule has 17 heavy (non-hydrogen) atoms. The van der Waals surface area contributed by atoms with Gasteiger partial charge in [0, 0.05) is 15.7 Å². The molecule has 6 heteroatoms. The van der Waals surface area contributed by atoms with Gasteiger partial charge in [-0.05, 0) is 26.2 Å². The van der Waals surface area contributed by atoms with Gasteiger partial charge in [-0.1, -0.05) is 12.2 Å². The molecule has 0 bridgehead atoms. The van der Waals surface area contributed by atoms with Gasteiger partial charge in [-0.2, -0.15) is 25.3 Å². The zero-order chi connectivity index (χ0) is 13.6. The first-order valence-electron chi connectivity index (χ1n) is 4.93. The average Bonchev–Trinajstić information content (AvgIpc) is 2.15. The molecule has 0 aliphatic heterocycles. The van der Waals surface area contributed by atoms with E-state index in [-0.39, 0.29) is 21.6 Å². The third-order valence-electron chi connectivity index (χ3n) is 2.09. The lowest BCUT2D eigenvalue weighted by molar-refractivity contribution is -0.133. The summed E-state index contributed by atoms with van der Waals surface area (Å²) in [6.07, 6.45) is 3.48. The van der Waals surface area contributed by atoms with Gasteiger partial charge in [0.2, 0.25) is 0 Å². The molecule has 96 valence electrons. The maximum absolute atomic E-state index is 10.7. The van der Waals surface area contributed by atoms with Crippen molar-refractivity contribution in [2.24, 2.45) is 5.92 Å². The minimum Gasteiger partial charge on any atom is -0.478 e. The van der Waals surface area contributed by atoms with Crippen LogP contribution in [0.15, 0.2) is 23.3 Å². The Kier molecular flexibility index (Phi) is 7.06. The van der Waals surface area contributed by atoms with Crippen LogP contribution >= 0.6 is 25.3 Å². The first-order valence-corrected chi connectivity index (χ1v) is 5.97. The van der Waals surface area contributed by atoms with E-state index in [1.807, 2.05) is 0 Å². The molecule has 0 rings (SSSR count). The van der Waals surface area contributed by atoms with Crippen LogP contribution in [0.3, 0.4) is 0 Å². The first kappa shape index (κ1) is 16.1. The van der Waals surface area contributed by atoms with Crippen LogP contribution in [0.25, 0.3) is 0 Å². The van der Waals surface area contributed by atoms with Gasteiger partial charge in [0.05, 0.1) is 0 Å². The molecule has 0 aromatic rings. The lowest BCUT2D eigenvalue weighted by atomic mass is 10.00. The number of hydrogen-bond donors (Lipinski definition) is 4. The van der Waals surface area contributed by atoms with Crippen molar-refractivity contribution >= 4 is 37.2 Å². The molecule has 0 radical (unpaired) electrons. The molecular formula is C11H16O4S2. The highest BCUT2D eigenvalue weighted by molar-refractivity contribution is 7.99. The Bertz CT molecular complexity index is 328. The number of carbonyl (C=O) groups is 2. The fourth-order valence-electron chi connectivity index (χ4n) is 1.21. The van der Waals surface area contributed by atoms with Crippen LogP contribution in [-0.4, -0.2) is 26.7 Å². The average molecular weight is 276 g/mol. The van der Waals surface area contributed by atoms with Crippen LogP contribution in [0, 0.1) is 5.92 Å². The predicted octanol–water partition coefficient (Wildman–Crippen LogP) is 2.24. The molecule has 0 amide bonds. The smallest absolute Gasteiger partial charge is 0.330 e. The first-order chi connectivity index (χ1) is 7.73. The summed E-state index contributed by atoms with van der Waals surface area (Å²) < 4.78 is -0.240. The summed E-state index contributed by atoms with van der Waals surface area (Å²) in [5, 5.41) is 17.5. The number of carboxylic acids is 2. The van der Waals surface area contributed by atoms with Gasteiger partial charge in [-0.25, -0.2) is 9.59 Å². The van der Waals surface area contributed by atoms with E-state index in [4.69, 9.17) is 10.2 Å². The highest BCUT2D eigenvalue weighted by Gasteiger charge is 2.11. The van der Waals surface area contributed by atoms with Gasteiger partial charge in [0.25, 0.3) is 0 Å². The Balaban J connectivity index is 5.02. The molecule has 0 aromatic carbocycles. The lowest BCUT2D eigenvalue weighted by Gasteiger charge is -2.11. The summed E-state index contributed by atoms with van der Waals surface area (Å²) in [5.74, 6) is -2.35. The summed E-state index contributed by atoms with van der Waals surface area (Å²) in [6.45, 7) is 2.93. The molecule has 4 nitrogen and oxygen atoms in total. The van der Waals surface area contributed by atoms with Gasteiger partial charge in [-0.15, -0.1) is 0 Å². The van der Waals surface area contributed by atoms with Crippen molar-refractivity contribution in [3.63, 3.8) is 0 Å². The van der Waals surface area contributed by atoms with Crippen molar-refractivity contribution in [2.75, 3.05) is 0 Å². The standard InChI is InChI=1S/C11H16O4S2/c1-6(10(12)13)3-8(5-9(16)17)4-7(2)11(14)15/h3-4,8-9,16-17H,5H2,1-2H3,(H,12,13)(H,14,15). The number of carboxylic acid groups (broad SMARTS) is 2. The zero-order valence-electron chi connectivity index (χ0n) is 9.62. The third kappa shape index (κ3) is 7.12. The van der Waals surface area contributed by atoms with Crippen molar-refractivity contribution in [3.05, 3.63) is 23.3 Å². The van der Waals surface area contributed by atoms with E-state index in [1.54, 1.807) is 0 Å². The predicted molar refractivity (Wildman–Crippen MR) is 72.7 cm³/mol. The molecule has 0 aliphatic rings. The molecule has 0 saturated carbocycles. The van der Waals surface area contributed by atoms with Crippen molar-refractivity contribution < 1.29 is 19.8 Å². The van der Waals surface area contributed by atoms with Crippen molar-refractivity contribution in [1.29, 1.82) is 0 Å². The zero-order valence-corrected chi connectivity index (χ0v) is 11.4. The fourth-order valence-corrected chi connectivity index (χ4v) is 1.70. The van der Waals surface area contributed by atoms with Crippen LogP contribution < -0.4 is 0 Å². The van der Waals surface area contributed by atoms with E-state index in [2.05, 4.69) is 25.3 Å². The molecule has 0 heterocycles. The van der Waals surface area contributed by atoms with E-state index in [1.165, 1.54) is 26.0 Å². The number of allylic oxidation sites excluding steroid dienone is 2. The van der Waals surface area contributed by atoms with Crippen LogP contribution in [0.2, 0.25) is 0 Å². The number of rotatable bonds is 6. The Labute approximate surface area is 111 Å². The van der Waals surface area contributed by atoms with E-state index < -0.39 is 11.9 Å². The van der Waals surface area contributed by atoms with E-state index >= 15 is 0 Å². The van der Waals surface area contributed by atoms with Gasteiger partial charge < -0.3 is 10.2 Å². The van der Waals surface area contributed by atoms with Gasteiger partial charge >= 0.3 is 11.9 Å². The number of thiol groups is 2. The Hall–Kier alpha value is -0.880. The largest absolute Gasteiger partial charge is 0.478 e. The van der Waals surface area contributed by atoms with Crippen molar-refractivity contribution in [3.8, 4) is 0 Å². The van der Waals surface area contributed by atoms with E-state index in [0.29, 0.717) is 6.42 Å². The second-order valence-corrected chi connectivity index (χ2v) is 5.34. The molecule has 0 atom stereocenters. The normalized spacial score (nSPS) is 14.9. The molecule has 0 saturated heterocycles. The Morgan fingerprint density at radius 1 is 1.06 bits per heavy atom. The highest BCUT2D eigenvalue weighted by atomic mass is 32.2. The van der Waals surface area contributed by atoms with Crippen LogP contribution in [-0.2, 0) is 9.59 Å². The highest BCUT2D eigenvalue weighted by Crippen LogP contribution is 2.20. The van der Waals surface area contributed by atoms with Gasteiger partial charge in [-0.3, -0.25) is 0 Å². The molecule has 0 spiro atoms. The number of hydrogen-bond acceptors (Lipinski definition) is 4. The molecule has 0 aromatic heterocycles. The SMILES string of the molecule is CC(=CC(C=C(C)C(=O)O)CC(S)S)C(=O)O. The molecular weight excluding hydrogens is 260 g/mol. The van der Waals surface area contributed by atoms with Crippen molar-refractivity contribution in [1.82, 2.24) is 0 Å². The van der Waals surface area contributed by atoms with Crippen LogP contribution in [0.1, 0.15) is 20.3 Å². The minimum atomic E-state index is -1.02. The van der Waals surface area contributed by atoms with Crippen molar-refractivity contribution in [2.45, 2.75) is 24.9 Å². The maximum Gasteiger partial charge on any atom is 0.330 e. The monoisotopic (exact) mass is 276 g/mol. The number of aliphatic carboxylic acids is 2. The fraction of sp³-hybridized carbons (Fsp3) is 0.455. The molecule has 0 unspecified atom stereocenters. The topological polar surface area (TPSA) is 74.6 Å². The van der Waals surface area contributed by atoms with Crippen LogP contribution in [0.4, 0.5) is 0 Å². The Morgan fingerprint density at radius 3 is 1.65 bits per heavy atom. The molecule has 0 fully saturated rings. The lowest BCUT2D eigenvalue weighted by Crippen LogP contribution is -2.06. The summed E-state index contributed by atoms with van der Waals surface area (Å²) in [4.78, 5) is 21.4. The van der Waals surface area contributed by atoms with E-state index in [9.17, 15) is 9.59 Å². The summed E-state index contributed by atoms with van der Waals surface area (Å²) >= 11 is 8.19. The second-order valence-electron chi connectivity index (χ2n) is 3.69. The van der Waals surface area contributed by atoms with Gasteiger partial charge in [0.15, 0.2) is 0 Å². The summed E-state index contributed by atoms with van der Waals surface area (Å²) in [5.41, 5.74) is 0.346.